The predicted octanol–water partition coefficient (Wildman–Crippen LogP) is 2.42. The van der Waals surface area contributed by atoms with Crippen molar-refractivity contribution in [1.29, 1.82) is 0 Å². The van der Waals surface area contributed by atoms with Gasteiger partial charge in [-0.3, -0.25) is 4.79 Å². The SMILES string of the molecule is COc1ccc(-c2cc(NC(C)=O)nc(C)n2)cc1. The van der Waals surface area contributed by atoms with Crippen molar-refractivity contribution in [1.82, 2.24) is 9.97 Å². The third-order valence-electron chi connectivity index (χ3n) is 2.53. The minimum Gasteiger partial charge on any atom is -0.497 e. The first-order valence-corrected chi connectivity index (χ1v) is 5.86. The molecule has 0 radical (unpaired) electrons. The molecule has 98 valence electrons. The molecule has 1 aromatic heterocycles. The summed E-state index contributed by atoms with van der Waals surface area (Å²) in [7, 11) is 1.62. The first kappa shape index (κ1) is 13.0. The van der Waals surface area contributed by atoms with Crippen LogP contribution in [-0.2, 0) is 4.79 Å². The molecular formula is C14H15N3O2. The molecule has 1 N–H and O–H groups in total. The summed E-state index contributed by atoms with van der Waals surface area (Å²) in [6.45, 7) is 3.24. The van der Waals surface area contributed by atoms with E-state index in [0.717, 1.165) is 17.0 Å². The Kier molecular flexibility index (Phi) is 3.75. The van der Waals surface area contributed by atoms with Gasteiger partial charge in [-0.1, -0.05) is 0 Å². The maximum atomic E-state index is 11.1. The molecule has 1 heterocycles. The molecule has 0 saturated carbocycles. The van der Waals surface area contributed by atoms with Gasteiger partial charge < -0.3 is 10.1 Å². The number of carbonyl (C=O) groups is 1. The zero-order valence-corrected chi connectivity index (χ0v) is 11.1. The number of anilines is 1. The highest BCUT2D eigenvalue weighted by atomic mass is 16.5. The van der Waals surface area contributed by atoms with E-state index in [4.69, 9.17) is 4.74 Å². The van der Waals surface area contributed by atoms with Crippen molar-refractivity contribution in [3.8, 4) is 17.0 Å². The summed E-state index contributed by atoms with van der Waals surface area (Å²) in [5.41, 5.74) is 1.71. The summed E-state index contributed by atoms with van der Waals surface area (Å²) in [4.78, 5) is 19.6. The van der Waals surface area contributed by atoms with Crippen LogP contribution < -0.4 is 10.1 Å². The molecule has 0 unspecified atom stereocenters. The van der Waals surface area contributed by atoms with Crippen molar-refractivity contribution in [2.75, 3.05) is 12.4 Å². The molecule has 5 nitrogen and oxygen atoms in total. The summed E-state index contributed by atoms with van der Waals surface area (Å²) < 4.78 is 5.12. The third-order valence-corrected chi connectivity index (χ3v) is 2.53. The van der Waals surface area contributed by atoms with Crippen LogP contribution in [0.25, 0.3) is 11.3 Å². The average Bonchev–Trinajstić information content (AvgIpc) is 2.37. The van der Waals surface area contributed by atoms with Crippen LogP contribution in [-0.4, -0.2) is 23.0 Å². The number of hydrogen-bond donors (Lipinski definition) is 1. The lowest BCUT2D eigenvalue weighted by molar-refractivity contribution is -0.114. The molecule has 0 aliphatic rings. The van der Waals surface area contributed by atoms with Crippen molar-refractivity contribution >= 4 is 11.7 Å². The first-order chi connectivity index (χ1) is 9.08. The van der Waals surface area contributed by atoms with E-state index in [1.54, 1.807) is 20.1 Å². The lowest BCUT2D eigenvalue weighted by atomic mass is 10.1. The van der Waals surface area contributed by atoms with Crippen molar-refractivity contribution in [2.24, 2.45) is 0 Å². The molecule has 1 aromatic carbocycles. The van der Waals surface area contributed by atoms with Gasteiger partial charge in [-0.2, -0.15) is 0 Å². The van der Waals surface area contributed by atoms with Crippen LogP contribution in [0.2, 0.25) is 0 Å². The third kappa shape index (κ3) is 3.28. The maximum absolute atomic E-state index is 11.1. The largest absolute Gasteiger partial charge is 0.497 e. The number of amides is 1. The molecule has 0 atom stereocenters. The molecule has 0 spiro atoms. The van der Waals surface area contributed by atoms with Gasteiger partial charge in [0.1, 0.15) is 17.4 Å². The number of aromatic nitrogens is 2. The number of ether oxygens (including phenoxy) is 1. The normalized spacial score (nSPS) is 10.1. The summed E-state index contributed by atoms with van der Waals surface area (Å²) in [5.74, 6) is 1.75. The monoisotopic (exact) mass is 257 g/mol. The number of hydrogen-bond acceptors (Lipinski definition) is 4. The van der Waals surface area contributed by atoms with E-state index in [2.05, 4.69) is 15.3 Å². The fraction of sp³-hybridized carbons (Fsp3) is 0.214. The Bertz CT molecular complexity index is 594. The topological polar surface area (TPSA) is 64.1 Å². The molecule has 1 amide bonds. The lowest BCUT2D eigenvalue weighted by Gasteiger charge is -2.07. The van der Waals surface area contributed by atoms with Gasteiger partial charge in [0.2, 0.25) is 5.91 Å². The second kappa shape index (κ2) is 5.48. The number of benzene rings is 1. The summed E-state index contributed by atoms with van der Waals surface area (Å²) in [6, 6.07) is 9.31. The smallest absolute Gasteiger partial charge is 0.222 e. The quantitative estimate of drug-likeness (QED) is 0.917. The van der Waals surface area contributed by atoms with Gasteiger partial charge in [0.05, 0.1) is 12.8 Å². The van der Waals surface area contributed by atoms with Crippen LogP contribution in [0.5, 0.6) is 5.75 Å². The second-order valence-corrected chi connectivity index (χ2v) is 4.10. The van der Waals surface area contributed by atoms with Crippen LogP contribution in [0, 0.1) is 6.92 Å². The van der Waals surface area contributed by atoms with E-state index in [1.807, 2.05) is 24.3 Å². The molecule has 0 fully saturated rings. The van der Waals surface area contributed by atoms with E-state index < -0.39 is 0 Å². The first-order valence-electron chi connectivity index (χ1n) is 5.86. The number of nitrogens with zero attached hydrogens (tertiary/aromatic N) is 2. The van der Waals surface area contributed by atoms with Gasteiger partial charge in [0.25, 0.3) is 0 Å². The van der Waals surface area contributed by atoms with Crippen LogP contribution in [0.15, 0.2) is 30.3 Å². The van der Waals surface area contributed by atoms with E-state index in [9.17, 15) is 4.79 Å². The van der Waals surface area contributed by atoms with Crippen LogP contribution in [0.1, 0.15) is 12.7 Å². The van der Waals surface area contributed by atoms with Crippen molar-refractivity contribution in [2.45, 2.75) is 13.8 Å². The molecule has 0 saturated heterocycles. The Hall–Kier alpha value is -2.43. The summed E-state index contributed by atoms with van der Waals surface area (Å²) >= 11 is 0. The maximum Gasteiger partial charge on any atom is 0.222 e. The minimum atomic E-state index is -0.154. The van der Waals surface area contributed by atoms with Gasteiger partial charge >= 0.3 is 0 Å². The fourth-order valence-corrected chi connectivity index (χ4v) is 1.72. The zero-order chi connectivity index (χ0) is 13.8. The van der Waals surface area contributed by atoms with Crippen molar-refractivity contribution in [3.05, 3.63) is 36.2 Å². The van der Waals surface area contributed by atoms with E-state index in [-0.39, 0.29) is 5.91 Å². The highest BCUT2D eigenvalue weighted by Gasteiger charge is 2.05. The second-order valence-electron chi connectivity index (χ2n) is 4.10. The minimum absolute atomic E-state index is 0.154. The standard InChI is InChI=1S/C14H15N3O2/c1-9-15-13(8-14(16-9)17-10(2)18)11-4-6-12(19-3)7-5-11/h4-8H,1-3H3,(H,15,16,17,18). The Labute approximate surface area is 111 Å². The molecule has 5 heteroatoms. The van der Waals surface area contributed by atoms with Gasteiger partial charge in [-0.25, -0.2) is 9.97 Å². The van der Waals surface area contributed by atoms with E-state index >= 15 is 0 Å². The predicted molar refractivity (Wildman–Crippen MR) is 73.1 cm³/mol. The number of methoxy groups -OCH3 is 1. The Balaban J connectivity index is 2.37. The lowest BCUT2D eigenvalue weighted by Crippen LogP contribution is -2.08. The zero-order valence-electron chi connectivity index (χ0n) is 11.1. The summed E-state index contributed by atoms with van der Waals surface area (Å²) in [5, 5.41) is 2.66. The van der Waals surface area contributed by atoms with Crippen molar-refractivity contribution in [3.63, 3.8) is 0 Å². The number of aryl methyl sites for hydroxylation is 1. The Morgan fingerprint density at radius 1 is 1.21 bits per heavy atom. The van der Waals surface area contributed by atoms with Gasteiger partial charge in [-0.15, -0.1) is 0 Å². The molecule has 19 heavy (non-hydrogen) atoms. The van der Waals surface area contributed by atoms with Crippen LogP contribution in [0.3, 0.4) is 0 Å². The molecular weight excluding hydrogens is 242 g/mol. The van der Waals surface area contributed by atoms with E-state index in [1.165, 1.54) is 6.92 Å². The van der Waals surface area contributed by atoms with Crippen LogP contribution in [0.4, 0.5) is 5.82 Å². The fourth-order valence-electron chi connectivity index (χ4n) is 1.72. The average molecular weight is 257 g/mol. The van der Waals surface area contributed by atoms with Crippen molar-refractivity contribution < 1.29 is 9.53 Å². The van der Waals surface area contributed by atoms with Gasteiger partial charge in [0.15, 0.2) is 0 Å². The molecule has 0 aliphatic carbocycles. The van der Waals surface area contributed by atoms with Gasteiger partial charge in [-0.05, 0) is 31.2 Å². The Morgan fingerprint density at radius 3 is 2.47 bits per heavy atom. The van der Waals surface area contributed by atoms with Gasteiger partial charge in [0, 0.05) is 18.6 Å². The number of nitrogens with one attached hydrogen (secondary N) is 1. The highest BCUT2D eigenvalue weighted by molar-refractivity contribution is 5.88. The molecule has 0 bridgehead atoms. The van der Waals surface area contributed by atoms with E-state index in [0.29, 0.717) is 11.6 Å². The number of carbonyl (C=O) groups excluding carboxylic acids is 1. The molecule has 2 rings (SSSR count). The number of rotatable bonds is 3. The molecule has 0 aliphatic heterocycles. The molecule has 2 aromatic rings. The summed E-state index contributed by atoms with van der Waals surface area (Å²) in [6.07, 6.45) is 0. The van der Waals surface area contributed by atoms with Crippen LogP contribution >= 0.6 is 0 Å². The Morgan fingerprint density at radius 2 is 1.89 bits per heavy atom. The highest BCUT2D eigenvalue weighted by Crippen LogP contribution is 2.22.